The molecule has 0 aromatic rings. The van der Waals surface area contributed by atoms with Crippen molar-refractivity contribution in [1.82, 2.24) is 10.2 Å². The van der Waals surface area contributed by atoms with E-state index >= 15 is 0 Å². The molecule has 0 fully saturated rings. The van der Waals surface area contributed by atoms with Crippen LogP contribution in [0.15, 0.2) is 0 Å². The summed E-state index contributed by atoms with van der Waals surface area (Å²) in [7, 11) is 2.16. The molecule has 0 aliphatic carbocycles. The molecule has 0 heterocycles. The van der Waals surface area contributed by atoms with Gasteiger partial charge in [-0.3, -0.25) is 0 Å². The molecule has 3 nitrogen and oxygen atoms in total. The van der Waals surface area contributed by atoms with Gasteiger partial charge in [-0.1, -0.05) is 27.2 Å². The summed E-state index contributed by atoms with van der Waals surface area (Å²) in [6.07, 6.45) is 2.26. The fourth-order valence-corrected chi connectivity index (χ4v) is 1.68. The van der Waals surface area contributed by atoms with Gasteiger partial charge in [0.2, 0.25) is 0 Å². The fraction of sp³-hybridized carbons (Fsp3) is 1.00. The predicted molar refractivity (Wildman–Crippen MR) is 66.1 cm³/mol. The third kappa shape index (κ3) is 7.77. The Balaban J connectivity index is 3.62. The molecule has 0 aromatic heterocycles. The number of likely N-dealkylation sites (N-methyl/N-ethyl adjacent to an activating group) is 1. The quantitative estimate of drug-likeness (QED) is 0.610. The van der Waals surface area contributed by atoms with Crippen LogP contribution in [-0.2, 0) is 0 Å². The standard InChI is InChI=1S/C12H28N2O/c1-5-11(3)9-14(4)8-7-12(10-15)13-6-2/h11-13,15H,5-10H2,1-4H3. The first kappa shape index (κ1) is 14.9. The Morgan fingerprint density at radius 1 is 1.33 bits per heavy atom. The summed E-state index contributed by atoms with van der Waals surface area (Å²) in [6.45, 7) is 9.97. The lowest BCUT2D eigenvalue weighted by molar-refractivity contribution is 0.211. The third-order valence-electron chi connectivity index (χ3n) is 2.89. The zero-order valence-corrected chi connectivity index (χ0v) is 10.8. The lowest BCUT2D eigenvalue weighted by atomic mass is 10.1. The average molecular weight is 216 g/mol. The first-order chi connectivity index (χ1) is 7.13. The highest BCUT2D eigenvalue weighted by Crippen LogP contribution is 2.03. The van der Waals surface area contributed by atoms with E-state index in [0.717, 1.165) is 32.0 Å². The van der Waals surface area contributed by atoms with Crippen molar-refractivity contribution in [1.29, 1.82) is 0 Å². The van der Waals surface area contributed by atoms with E-state index in [1.165, 1.54) is 6.42 Å². The summed E-state index contributed by atoms with van der Waals surface area (Å²) in [6, 6.07) is 0.259. The Morgan fingerprint density at radius 3 is 2.47 bits per heavy atom. The van der Waals surface area contributed by atoms with Gasteiger partial charge in [0.05, 0.1) is 6.61 Å². The van der Waals surface area contributed by atoms with Gasteiger partial charge in [-0.15, -0.1) is 0 Å². The molecule has 2 N–H and O–H groups in total. The zero-order valence-electron chi connectivity index (χ0n) is 10.8. The van der Waals surface area contributed by atoms with Gasteiger partial charge in [-0.2, -0.15) is 0 Å². The topological polar surface area (TPSA) is 35.5 Å². The molecule has 0 saturated heterocycles. The Morgan fingerprint density at radius 2 is 2.00 bits per heavy atom. The summed E-state index contributed by atoms with van der Waals surface area (Å²) >= 11 is 0. The van der Waals surface area contributed by atoms with Crippen molar-refractivity contribution < 1.29 is 5.11 Å². The van der Waals surface area contributed by atoms with Crippen LogP contribution in [0, 0.1) is 5.92 Å². The molecule has 92 valence electrons. The molecular formula is C12H28N2O. The van der Waals surface area contributed by atoms with E-state index < -0.39 is 0 Å². The van der Waals surface area contributed by atoms with Crippen molar-refractivity contribution in [3.8, 4) is 0 Å². The van der Waals surface area contributed by atoms with E-state index in [9.17, 15) is 0 Å². The molecular weight excluding hydrogens is 188 g/mol. The van der Waals surface area contributed by atoms with E-state index in [-0.39, 0.29) is 12.6 Å². The number of nitrogens with zero attached hydrogens (tertiary/aromatic N) is 1. The number of aliphatic hydroxyl groups is 1. The monoisotopic (exact) mass is 216 g/mol. The normalized spacial score (nSPS) is 15.6. The van der Waals surface area contributed by atoms with E-state index in [1.807, 2.05) is 0 Å². The van der Waals surface area contributed by atoms with Crippen molar-refractivity contribution in [3.63, 3.8) is 0 Å². The maximum Gasteiger partial charge on any atom is 0.0585 e. The van der Waals surface area contributed by atoms with Crippen molar-refractivity contribution >= 4 is 0 Å². The second-order valence-electron chi connectivity index (χ2n) is 4.50. The van der Waals surface area contributed by atoms with Crippen LogP contribution < -0.4 is 5.32 Å². The minimum atomic E-state index is 0.241. The lowest BCUT2D eigenvalue weighted by Crippen LogP contribution is -2.36. The molecule has 3 heteroatoms. The third-order valence-corrected chi connectivity index (χ3v) is 2.89. The largest absolute Gasteiger partial charge is 0.395 e. The minimum absolute atomic E-state index is 0.241. The number of rotatable bonds is 9. The Labute approximate surface area is 94.9 Å². The maximum absolute atomic E-state index is 9.12. The van der Waals surface area contributed by atoms with Gasteiger partial charge in [0.1, 0.15) is 0 Å². The molecule has 0 aromatic carbocycles. The summed E-state index contributed by atoms with van der Waals surface area (Å²) in [5.41, 5.74) is 0. The first-order valence-electron chi connectivity index (χ1n) is 6.16. The van der Waals surface area contributed by atoms with Gasteiger partial charge < -0.3 is 15.3 Å². The molecule has 0 rings (SSSR count). The summed E-state index contributed by atoms with van der Waals surface area (Å²) < 4.78 is 0. The number of hydrogen-bond acceptors (Lipinski definition) is 3. The van der Waals surface area contributed by atoms with E-state index in [0.29, 0.717) is 0 Å². The lowest BCUT2D eigenvalue weighted by Gasteiger charge is -2.23. The number of hydrogen-bond donors (Lipinski definition) is 2. The number of aliphatic hydroxyl groups excluding tert-OH is 1. The first-order valence-corrected chi connectivity index (χ1v) is 6.16. The summed E-state index contributed by atoms with van der Waals surface area (Å²) in [4.78, 5) is 2.36. The molecule has 0 bridgehead atoms. The predicted octanol–water partition coefficient (Wildman–Crippen LogP) is 1.32. The second-order valence-corrected chi connectivity index (χ2v) is 4.50. The van der Waals surface area contributed by atoms with Crippen LogP contribution in [0.1, 0.15) is 33.6 Å². The van der Waals surface area contributed by atoms with Crippen molar-refractivity contribution in [2.45, 2.75) is 39.7 Å². The highest BCUT2D eigenvalue weighted by molar-refractivity contribution is 4.67. The van der Waals surface area contributed by atoms with E-state index in [2.05, 4.69) is 38.0 Å². The zero-order chi connectivity index (χ0) is 11.7. The summed E-state index contributed by atoms with van der Waals surface area (Å²) in [5, 5.41) is 12.4. The molecule has 0 amide bonds. The smallest absolute Gasteiger partial charge is 0.0585 e. The average Bonchev–Trinajstić information content (AvgIpc) is 2.23. The molecule has 2 unspecified atom stereocenters. The number of nitrogens with one attached hydrogen (secondary N) is 1. The highest BCUT2D eigenvalue weighted by atomic mass is 16.3. The molecule has 2 atom stereocenters. The molecule has 0 saturated carbocycles. The Kier molecular flexibility index (Phi) is 9.06. The minimum Gasteiger partial charge on any atom is -0.395 e. The SMILES string of the molecule is CCNC(CO)CCN(C)CC(C)CC. The van der Waals surface area contributed by atoms with E-state index in [4.69, 9.17) is 5.11 Å². The van der Waals surface area contributed by atoms with Crippen molar-refractivity contribution in [3.05, 3.63) is 0 Å². The van der Waals surface area contributed by atoms with Crippen molar-refractivity contribution in [2.75, 3.05) is 33.3 Å². The van der Waals surface area contributed by atoms with Crippen LogP contribution >= 0.6 is 0 Å². The van der Waals surface area contributed by atoms with Crippen LogP contribution in [0.2, 0.25) is 0 Å². The van der Waals surface area contributed by atoms with Crippen LogP contribution in [0.25, 0.3) is 0 Å². The molecule has 0 spiro atoms. The Hall–Kier alpha value is -0.120. The van der Waals surface area contributed by atoms with Crippen molar-refractivity contribution in [2.24, 2.45) is 5.92 Å². The van der Waals surface area contributed by atoms with Gasteiger partial charge in [-0.05, 0) is 32.5 Å². The van der Waals surface area contributed by atoms with Gasteiger partial charge in [0.15, 0.2) is 0 Å². The Bertz CT molecular complexity index is 142. The fourth-order valence-electron chi connectivity index (χ4n) is 1.68. The van der Waals surface area contributed by atoms with Gasteiger partial charge in [-0.25, -0.2) is 0 Å². The second kappa shape index (κ2) is 9.13. The van der Waals surface area contributed by atoms with Crippen LogP contribution in [0.3, 0.4) is 0 Å². The van der Waals surface area contributed by atoms with E-state index in [1.54, 1.807) is 0 Å². The highest BCUT2D eigenvalue weighted by Gasteiger charge is 2.08. The van der Waals surface area contributed by atoms with Crippen LogP contribution in [-0.4, -0.2) is 49.3 Å². The van der Waals surface area contributed by atoms with Gasteiger partial charge in [0.25, 0.3) is 0 Å². The molecule has 15 heavy (non-hydrogen) atoms. The van der Waals surface area contributed by atoms with Gasteiger partial charge in [0, 0.05) is 12.6 Å². The maximum atomic E-state index is 9.12. The van der Waals surface area contributed by atoms with Gasteiger partial charge >= 0.3 is 0 Å². The summed E-state index contributed by atoms with van der Waals surface area (Å²) in [5.74, 6) is 0.765. The van der Waals surface area contributed by atoms with Crippen LogP contribution in [0.4, 0.5) is 0 Å². The van der Waals surface area contributed by atoms with Crippen LogP contribution in [0.5, 0.6) is 0 Å². The molecule has 0 aliphatic heterocycles. The molecule has 0 aliphatic rings. The molecule has 0 radical (unpaired) electrons.